The molecule has 0 atom stereocenters. The third kappa shape index (κ3) is 1.71. The predicted octanol–water partition coefficient (Wildman–Crippen LogP) is 2.42. The van der Waals surface area contributed by atoms with E-state index in [0.717, 1.165) is 0 Å². The van der Waals surface area contributed by atoms with Gasteiger partial charge in [0.2, 0.25) is 0 Å². The number of thiophene rings is 1. The van der Waals surface area contributed by atoms with Crippen LogP contribution in [0.4, 0.5) is 0 Å². The van der Waals surface area contributed by atoms with Crippen LogP contribution in [0, 0.1) is 0 Å². The fourth-order valence-corrected chi connectivity index (χ4v) is 4.26. The third-order valence-electron chi connectivity index (χ3n) is 4.12. The Balaban J connectivity index is 1.92. The van der Waals surface area contributed by atoms with E-state index in [4.69, 9.17) is 0 Å². The van der Waals surface area contributed by atoms with E-state index < -0.39 is 0 Å². The molecule has 1 aromatic heterocycles. The van der Waals surface area contributed by atoms with Crippen molar-refractivity contribution < 1.29 is 0 Å². The lowest BCUT2D eigenvalue weighted by Gasteiger charge is -2.44. The molecule has 2 aliphatic rings. The van der Waals surface area contributed by atoms with Gasteiger partial charge in [-0.2, -0.15) is 0 Å². The Labute approximate surface area is 102 Å². The molecule has 0 aliphatic carbocycles. The molecular formula is C13H20N2S. The van der Waals surface area contributed by atoms with Crippen molar-refractivity contribution in [1.82, 2.24) is 10.2 Å². The Hall–Kier alpha value is -0.380. The predicted molar refractivity (Wildman–Crippen MR) is 68.9 cm³/mol. The molecule has 2 aliphatic heterocycles. The average molecular weight is 236 g/mol. The van der Waals surface area contributed by atoms with Crippen LogP contribution in [0.2, 0.25) is 0 Å². The first-order chi connectivity index (χ1) is 7.92. The van der Waals surface area contributed by atoms with Crippen LogP contribution in [0.1, 0.15) is 30.6 Å². The molecule has 0 amide bonds. The van der Waals surface area contributed by atoms with Crippen LogP contribution in [0.5, 0.6) is 0 Å². The van der Waals surface area contributed by atoms with Crippen molar-refractivity contribution in [3.8, 4) is 0 Å². The van der Waals surface area contributed by atoms with Crippen molar-refractivity contribution in [2.45, 2.75) is 31.2 Å². The van der Waals surface area contributed by atoms with E-state index in [9.17, 15) is 0 Å². The fraction of sp³-hybridized carbons (Fsp3) is 0.692. The summed E-state index contributed by atoms with van der Waals surface area (Å²) in [6.45, 7) is 4.96. The van der Waals surface area contributed by atoms with Gasteiger partial charge in [-0.1, -0.05) is 6.07 Å². The highest BCUT2D eigenvalue weighted by Crippen LogP contribution is 2.41. The van der Waals surface area contributed by atoms with E-state index in [-0.39, 0.29) is 0 Å². The highest BCUT2D eigenvalue weighted by molar-refractivity contribution is 7.10. The maximum Gasteiger partial charge on any atom is 0.0577 e. The number of piperidine rings is 1. The molecule has 0 spiro atoms. The molecule has 3 heterocycles. The molecule has 0 bridgehead atoms. The van der Waals surface area contributed by atoms with E-state index in [1.165, 1.54) is 51.9 Å². The number of nitrogens with one attached hydrogen (secondary N) is 1. The van der Waals surface area contributed by atoms with Crippen molar-refractivity contribution in [2.24, 2.45) is 0 Å². The molecule has 0 aromatic carbocycles. The van der Waals surface area contributed by atoms with Crippen molar-refractivity contribution in [1.29, 1.82) is 0 Å². The zero-order chi connectivity index (χ0) is 10.8. The standard InChI is InChI=1S/C13H20N2S/c1-2-10-15(9-1)13(5-7-14-8-6-13)12-4-3-11-16-12/h3-4,11,14H,1-2,5-10H2. The first-order valence-corrected chi connectivity index (χ1v) is 7.30. The summed E-state index contributed by atoms with van der Waals surface area (Å²) < 4.78 is 0. The van der Waals surface area contributed by atoms with Gasteiger partial charge >= 0.3 is 0 Å². The SMILES string of the molecule is c1csc(C2(N3CCCC3)CCNCC2)c1. The van der Waals surface area contributed by atoms with Gasteiger partial charge < -0.3 is 5.32 Å². The number of hydrogen-bond acceptors (Lipinski definition) is 3. The minimum absolute atomic E-state index is 0.371. The van der Waals surface area contributed by atoms with Crippen LogP contribution in [0.15, 0.2) is 17.5 Å². The van der Waals surface area contributed by atoms with Gasteiger partial charge in [0.25, 0.3) is 0 Å². The number of nitrogens with zero attached hydrogens (tertiary/aromatic N) is 1. The zero-order valence-electron chi connectivity index (χ0n) is 9.74. The van der Waals surface area contributed by atoms with Crippen molar-refractivity contribution >= 4 is 11.3 Å². The number of rotatable bonds is 2. The maximum atomic E-state index is 3.50. The lowest BCUT2D eigenvalue weighted by Crippen LogP contribution is -2.50. The van der Waals surface area contributed by atoms with Crippen LogP contribution in [0.3, 0.4) is 0 Å². The van der Waals surface area contributed by atoms with Gasteiger partial charge in [0.05, 0.1) is 5.54 Å². The first kappa shape index (κ1) is 10.8. The van der Waals surface area contributed by atoms with Crippen LogP contribution in [0.25, 0.3) is 0 Å². The summed E-state index contributed by atoms with van der Waals surface area (Å²) in [5.41, 5.74) is 0.371. The van der Waals surface area contributed by atoms with E-state index in [1.54, 1.807) is 4.88 Å². The second-order valence-corrected chi connectivity index (χ2v) is 5.90. The Morgan fingerprint density at radius 1 is 1.19 bits per heavy atom. The Kier molecular flexibility index (Phi) is 3.01. The van der Waals surface area contributed by atoms with Crippen molar-refractivity contribution in [2.75, 3.05) is 26.2 Å². The summed E-state index contributed by atoms with van der Waals surface area (Å²) in [7, 11) is 0. The Morgan fingerprint density at radius 3 is 2.56 bits per heavy atom. The third-order valence-corrected chi connectivity index (χ3v) is 5.19. The van der Waals surface area contributed by atoms with Gasteiger partial charge in [0.15, 0.2) is 0 Å². The highest BCUT2D eigenvalue weighted by atomic mass is 32.1. The maximum absolute atomic E-state index is 3.50. The largest absolute Gasteiger partial charge is 0.317 e. The molecule has 2 nitrogen and oxygen atoms in total. The van der Waals surface area contributed by atoms with Crippen LogP contribution in [-0.4, -0.2) is 31.1 Å². The molecular weight excluding hydrogens is 216 g/mol. The normalized spacial score (nSPS) is 26.0. The number of hydrogen-bond donors (Lipinski definition) is 1. The van der Waals surface area contributed by atoms with Crippen molar-refractivity contribution in [3.05, 3.63) is 22.4 Å². The summed E-state index contributed by atoms with van der Waals surface area (Å²) in [6.07, 6.45) is 5.35. The summed E-state index contributed by atoms with van der Waals surface area (Å²) in [5, 5.41) is 5.73. The summed E-state index contributed by atoms with van der Waals surface area (Å²) in [4.78, 5) is 4.34. The lowest BCUT2D eigenvalue weighted by atomic mass is 9.85. The Bertz CT molecular complexity index is 322. The molecule has 0 radical (unpaired) electrons. The lowest BCUT2D eigenvalue weighted by molar-refractivity contribution is 0.0813. The van der Waals surface area contributed by atoms with Gasteiger partial charge in [0, 0.05) is 4.88 Å². The monoisotopic (exact) mass is 236 g/mol. The molecule has 3 heteroatoms. The van der Waals surface area contributed by atoms with Gasteiger partial charge in [-0.3, -0.25) is 4.90 Å². The fourth-order valence-electron chi connectivity index (χ4n) is 3.25. The van der Waals surface area contributed by atoms with Crippen LogP contribution in [-0.2, 0) is 5.54 Å². The van der Waals surface area contributed by atoms with Gasteiger partial charge in [-0.25, -0.2) is 0 Å². The minimum atomic E-state index is 0.371. The van der Waals surface area contributed by atoms with E-state index in [0.29, 0.717) is 5.54 Å². The molecule has 1 aromatic rings. The molecule has 2 fully saturated rings. The molecule has 1 N–H and O–H groups in total. The Morgan fingerprint density at radius 2 is 1.94 bits per heavy atom. The second-order valence-electron chi connectivity index (χ2n) is 4.95. The summed E-state index contributed by atoms with van der Waals surface area (Å²) in [6, 6.07) is 4.55. The van der Waals surface area contributed by atoms with Gasteiger partial charge in [-0.15, -0.1) is 11.3 Å². The molecule has 2 saturated heterocycles. The average Bonchev–Trinajstić information content (AvgIpc) is 3.04. The summed E-state index contributed by atoms with van der Waals surface area (Å²) >= 11 is 1.95. The molecule has 88 valence electrons. The molecule has 0 unspecified atom stereocenters. The van der Waals surface area contributed by atoms with Crippen LogP contribution < -0.4 is 5.32 Å². The zero-order valence-corrected chi connectivity index (χ0v) is 10.6. The molecule has 0 saturated carbocycles. The van der Waals surface area contributed by atoms with E-state index in [1.807, 2.05) is 11.3 Å². The minimum Gasteiger partial charge on any atom is -0.317 e. The van der Waals surface area contributed by atoms with Crippen LogP contribution >= 0.6 is 11.3 Å². The highest BCUT2D eigenvalue weighted by Gasteiger charge is 2.41. The quantitative estimate of drug-likeness (QED) is 0.848. The second kappa shape index (κ2) is 4.47. The van der Waals surface area contributed by atoms with Crippen molar-refractivity contribution in [3.63, 3.8) is 0 Å². The smallest absolute Gasteiger partial charge is 0.0577 e. The van der Waals surface area contributed by atoms with Gasteiger partial charge in [0.1, 0.15) is 0 Å². The number of likely N-dealkylation sites (tertiary alicyclic amines) is 1. The molecule has 16 heavy (non-hydrogen) atoms. The first-order valence-electron chi connectivity index (χ1n) is 6.42. The van der Waals surface area contributed by atoms with Gasteiger partial charge in [-0.05, 0) is 63.3 Å². The summed E-state index contributed by atoms with van der Waals surface area (Å²) in [5.74, 6) is 0. The van der Waals surface area contributed by atoms with E-state index in [2.05, 4.69) is 27.7 Å². The topological polar surface area (TPSA) is 15.3 Å². The van der Waals surface area contributed by atoms with E-state index >= 15 is 0 Å². The molecule has 3 rings (SSSR count).